The molecule has 13 heteroatoms. The number of aliphatic hydroxyl groups is 1. The lowest BCUT2D eigenvalue weighted by Gasteiger charge is -2.23. The molecule has 3 N–H and O–H groups in total. The first-order valence-electron chi connectivity index (χ1n) is 18.3. The Morgan fingerprint density at radius 3 is 1.32 bits per heavy atom. The van der Waals surface area contributed by atoms with E-state index in [1.807, 2.05) is 109 Å². The quantitative estimate of drug-likeness (QED) is 0.0979. The van der Waals surface area contributed by atoms with E-state index in [-0.39, 0.29) is 13.2 Å². The number of hydrogen-bond acceptors (Lipinski definition) is 10. The van der Waals surface area contributed by atoms with Crippen molar-refractivity contribution in [1.82, 2.24) is 10.6 Å². The number of rotatable bonds is 16. The van der Waals surface area contributed by atoms with Crippen molar-refractivity contribution in [2.45, 2.75) is 90.9 Å². The maximum absolute atomic E-state index is 12.1. The number of carbonyl (C=O) groups excluding carboxylic acids is 2. The summed E-state index contributed by atoms with van der Waals surface area (Å²) in [6.07, 6.45) is 0.686. The summed E-state index contributed by atoms with van der Waals surface area (Å²) < 4.78 is 49.6. The Labute approximate surface area is 331 Å². The summed E-state index contributed by atoms with van der Waals surface area (Å²) in [6, 6.07) is 33.9. The highest BCUT2D eigenvalue weighted by Gasteiger charge is 2.22. The van der Waals surface area contributed by atoms with Gasteiger partial charge in [-0.25, -0.2) is 9.59 Å². The molecule has 0 spiro atoms. The molecular weight excluding hydrogens is 737 g/mol. The van der Waals surface area contributed by atoms with E-state index in [0.29, 0.717) is 31.8 Å². The Balaban J connectivity index is 0.000000303. The molecule has 4 aromatic carbocycles. The summed E-state index contributed by atoms with van der Waals surface area (Å²) >= 11 is 0. The van der Waals surface area contributed by atoms with E-state index >= 15 is 0 Å². The van der Waals surface area contributed by atoms with Crippen LogP contribution < -0.4 is 20.1 Å². The largest absolute Gasteiger partial charge is 0.489 e. The highest BCUT2D eigenvalue weighted by atomic mass is 32.2. The smallest absolute Gasteiger partial charge is 0.407 e. The van der Waals surface area contributed by atoms with Gasteiger partial charge in [0, 0.05) is 0 Å². The molecule has 4 aromatic rings. The van der Waals surface area contributed by atoms with Gasteiger partial charge in [-0.3, -0.25) is 4.18 Å². The lowest BCUT2D eigenvalue weighted by atomic mass is 10.1. The van der Waals surface area contributed by atoms with Crippen LogP contribution in [0.1, 0.15) is 63.8 Å². The molecule has 0 radical (unpaired) electrons. The molecule has 0 unspecified atom stereocenters. The number of aliphatic hydroxyl groups excluding tert-OH is 1. The fourth-order valence-corrected chi connectivity index (χ4v) is 5.37. The molecule has 0 aliphatic carbocycles. The topological polar surface area (TPSA) is 159 Å². The van der Waals surface area contributed by atoms with Gasteiger partial charge in [-0.05, 0) is 101 Å². The van der Waals surface area contributed by atoms with Crippen molar-refractivity contribution in [3.8, 4) is 11.5 Å². The molecule has 2 amide bonds. The van der Waals surface area contributed by atoms with E-state index in [0.717, 1.165) is 34.3 Å². The average molecular weight is 793 g/mol. The molecule has 0 aliphatic rings. The van der Waals surface area contributed by atoms with Crippen molar-refractivity contribution in [2.24, 2.45) is 0 Å². The van der Waals surface area contributed by atoms with Crippen molar-refractivity contribution < 1.29 is 46.2 Å². The SMILES string of the molecule is CC(C)(C)OC(=O)N[C@H](CO)Cc1ccc(OCc2ccccc2)cc1.CC(C)(C)OC(=O)N[C@H](COS(C)(=O)=O)Cc1ccc(OCc2ccccc2)cc1. The molecule has 4 rings (SSSR count). The van der Waals surface area contributed by atoms with Crippen LogP contribution in [-0.2, 0) is 49.8 Å². The number of ether oxygens (including phenoxy) is 4. The van der Waals surface area contributed by atoms with E-state index in [4.69, 9.17) is 23.1 Å². The van der Waals surface area contributed by atoms with Crippen LogP contribution in [0, 0.1) is 0 Å². The summed E-state index contributed by atoms with van der Waals surface area (Å²) in [5, 5.41) is 14.9. The summed E-state index contributed by atoms with van der Waals surface area (Å²) in [6.45, 7) is 11.3. The molecule has 12 nitrogen and oxygen atoms in total. The molecule has 0 fully saturated rings. The first kappa shape index (κ1) is 45.3. The van der Waals surface area contributed by atoms with Crippen LogP contribution in [0.5, 0.6) is 11.5 Å². The van der Waals surface area contributed by atoms with Gasteiger partial charge >= 0.3 is 12.2 Å². The molecule has 0 aromatic heterocycles. The maximum Gasteiger partial charge on any atom is 0.407 e. The summed E-state index contributed by atoms with van der Waals surface area (Å²) in [7, 11) is -3.63. The number of amides is 2. The predicted molar refractivity (Wildman–Crippen MR) is 216 cm³/mol. The monoisotopic (exact) mass is 792 g/mol. The van der Waals surface area contributed by atoms with Gasteiger partial charge in [0.2, 0.25) is 0 Å². The summed E-state index contributed by atoms with van der Waals surface area (Å²) in [5.74, 6) is 1.49. The Morgan fingerprint density at radius 2 is 0.964 bits per heavy atom. The third-order valence-corrected chi connectivity index (χ3v) is 8.02. The number of hydrogen-bond donors (Lipinski definition) is 3. The molecule has 56 heavy (non-hydrogen) atoms. The van der Waals surface area contributed by atoms with E-state index in [9.17, 15) is 23.1 Å². The number of nitrogens with one attached hydrogen (secondary N) is 2. The fraction of sp³-hybridized carbons (Fsp3) is 0.395. The zero-order valence-corrected chi connectivity index (χ0v) is 34.1. The standard InChI is InChI=1S/C22H29NO6S.C21H27NO4/c1-22(2,3)29-21(24)23-19(16-28-30(4,25)26)14-17-10-12-20(13-11-17)27-15-18-8-6-5-7-9-18;1-21(2,3)26-20(24)22-18(14-23)13-16-9-11-19(12-10-16)25-15-17-7-5-4-6-8-17/h5-13,19H,14-16H2,1-4H3,(H,23,24);4-12,18,23H,13-15H2,1-3H3,(H,22,24)/t19-;18-/m00/s1. The van der Waals surface area contributed by atoms with E-state index in [1.165, 1.54) is 0 Å². The lowest BCUT2D eigenvalue weighted by Crippen LogP contribution is -2.43. The van der Waals surface area contributed by atoms with Crippen molar-refractivity contribution in [3.05, 3.63) is 131 Å². The van der Waals surface area contributed by atoms with Gasteiger partial charge in [-0.15, -0.1) is 0 Å². The molecule has 0 saturated heterocycles. The maximum atomic E-state index is 12.1. The summed E-state index contributed by atoms with van der Waals surface area (Å²) in [5.41, 5.74) is 2.83. The molecular formula is C43H56N2O10S. The van der Waals surface area contributed by atoms with E-state index in [2.05, 4.69) is 10.6 Å². The number of alkyl carbamates (subject to hydrolysis) is 2. The fourth-order valence-electron chi connectivity index (χ4n) is 4.96. The minimum atomic E-state index is -3.63. The normalized spacial score (nSPS) is 12.6. The predicted octanol–water partition coefficient (Wildman–Crippen LogP) is 7.37. The van der Waals surface area contributed by atoms with Gasteiger partial charge in [0.15, 0.2) is 0 Å². The van der Waals surface area contributed by atoms with E-state index < -0.39 is 45.6 Å². The lowest BCUT2D eigenvalue weighted by molar-refractivity contribution is 0.0474. The minimum Gasteiger partial charge on any atom is -0.489 e. The number of benzene rings is 4. The van der Waals surface area contributed by atoms with Gasteiger partial charge < -0.3 is 34.7 Å². The molecule has 2 atom stereocenters. The van der Waals surface area contributed by atoms with Crippen molar-refractivity contribution in [2.75, 3.05) is 19.5 Å². The molecule has 0 bridgehead atoms. The molecule has 304 valence electrons. The Bertz CT molecular complexity index is 1860. The number of carbonyl (C=O) groups is 2. The zero-order chi connectivity index (χ0) is 41.2. The third kappa shape index (κ3) is 20.0. The van der Waals surface area contributed by atoms with Gasteiger partial charge in [-0.1, -0.05) is 84.9 Å². The molecule has 0 saturated carbocycles. The van der Waals surface area contributed by atoms with Gasteiger partial charge in [-0.2, -0.15) is 8.42 Å². The summed E-state index contributed by atoms with van der Waals surface area (Å²) in [4.78, 5) is 23.9. The van der Waals surface area contributed by atoms with Crippen LogP contribution in [-0.4, -0.2) is 68.5 Å². The minimum absolute atomic E-state index is 0.161. The Morgan fingerprint density at radius 1 is 0.589 bits per heavy atom. The zero-order valence-electron chi connectivity index (χ0n) is 33.3. The van der Waals surface area contributed by atoms with Crippen LogP contribution in [0.2, 0.25) is 0 Å². The van der Waals surface area contributed by atoms with Crippen molar-refractivity contribution in [1.29, 1.82) is 0 Å². The highest BCUT2D eigenvalue weighted by molar-refractivity contribution is 7.85. The van der Waals surface area contributed by atoms with Crippen molar-refractivity contribution in [3.63, 3.8) is 0 Å². The van der Waals surface area contributed by atoms with Crippen LogP contribution in [0.25, 0.3) is 0 Å². The average Bonchev–Trinajstić information content (AvgIpc) is 3.12. The first-order valence-corrected chi connectivity index (χ1v) is 20.1. The van der Waals surface area contributed by atoms with Crippen LogP contribution in [0.4, 0.5) is 9.59 Å². The Kier molecular flexibility index (Phi) is 17.7. The van der Waals surface area contributed by atoms with Crippen LogP contribution in [0.15, 0.2) is 109 Å². The first-order chi connectivity index (χ1) is 26.4. The second-order valence-electron chi connectivity index (χ2n) is 15.1. The van der Waals surface area contributed by atoms with Gasteiger partial charge in [0.05, 0.1) is 31.6 Å². The van der Waals surface area contributed by atoms with Gasteiger partial charge in [0.25, 0.3) is 10.1 Å². The van der Waals surface area contributed by atoms with Crippen LogP contribution >= 0.6 is 0 Å². The Hall–Kier alpha value is -5.11. The second kappa shape index (κ2) is 21.8. The van der Waals surface area contributed by atoms with Crippen LogP contribution in [0.3, 0.4) is 0 Å². The third-order valence-electron chi connectivity index (χ3n) is 7.45. The van der Waals surface area contributed by atoms with Crippen molar-refractivity contribution >= 4 is 22.3 Å². The van der Waals surface area contributed by atoms with Gasteiger partial charge in [0.1, 0.15) is 35.9 Å². The molecule has 0 heterocycles. The second-order valence-corrected chi connectivity index (χ2v) is 16.7. The highest BCUT2D eigenvalue weighted by Crippen LogP contribution is 2.18. The van der Waals surface area contributed by atoms with E-state index in [1.54, 1.807) is 41.5 Å². The molecule has 0 aliphatic heterocycles.